The van der Waals surface area contributed by atoms with Gasteiger partial charge in [-0.2, -0.15) is 0 Å². The summed E-state index contributed by atoms with van der Waals surface area (Å²) in [6.07, 6.45) is 2.15. The van der Waals surface area contributed by atoms with E-state index >= 15 is 0 Å². The lowest BCUT2D eigenvalue weighted by Gasteiger charge is -2.12. The standard InChI is InChI=1S/C17H16N2O2/c1-11-4-5-12-9-13-10-15(17(20)19-6-2-3-7-19)21-16(13)18-14(12)8-11/h4-5,8-10H,2-3,6-7H2,1H3. The highest BCUT2D eigenvalue weighted by molar-refractivity contribution is 5.98. The number of nitrogens with zero attached hydrogens (tertiary/aromatic N) is 2. The summed E-state index contributed by atoms with van der Waals surface area (Å²) in [6.45, 7) is 3.69. The summed E-state index contributed by atoms with van der Waals surface area (Å²) in [5.74, 6) is 0.372. The molecule has 3 heterocycles. The number of hydrogen-bond donors (Lipinski definition) is 0. The summed E-state index contributed by atoms with van der Waals surface area (Å²) in [7, 11) is 0. The molecule has 0 N–H and O–H groups in total. The molecule has 0 unspecified atom stereocenters. The quantitative estimate of drug-likeness (QED) is 0.685. The van der Waals surface area contributed by atoms with Gasteiger partial charge in [-0.15, -0.1) is 0 Å². The molecule has 0 radical (unpaired) electrons. The van der Waals surface area contributed by atoms with Gasteiger partial charge in [-0.3, -0.25) is 4.79 Å². The lowest BCUT2D eigenvalue weighted by molar-refractivity contribution is 0.0763. The Bertz CT molecular complexity index is 844. The first-order chi connectivity index (χ1) is 10.2. The van der Waals surface area contributed by atoms with Crippen molar-refractivity contribution in [1.29, 1.82) is 0 Å². The first kappa shape index (κ1) is 12.4. The smallest absolute Gasteiger partial charge is 0.289 e. The van der Waals surface area contributed by atoms with Crippen molar-refractivity contribution in [2.75, 3.05) is 13.1 Å². The Hall–Kier alpha value is -2.36. The van der Waals surface area contributed by atoms with Crippen molar-refractivity contribution in [1.82, 2.24) is 9.88 Å². The third-order valence-electron chi connectivity index (χ3n) is 4.06. The predicted molar refractivity (Wildman–Crippen MR) is 81.4 cm³/mol. The molecule has 0 saturated carbocycles. The largest absolute Gasteiger partial charge is 0.433 e. The average molecular weight is 280 g/mol. The van der Waals surface area contributed by atoms with E-state index in [9.17, 15) is 4.79 Å². The van der Waals surface area contributed by atoms with Crippen LogP contribution in [-0.2, 0) is 0 Å². The summed E-state index contributed by atoms with van der Waals surface area (Å²) in [5.41, 5.74) is 2.60. The zero-order valence-corrected chi connectivity index (χ0v) is 11.9. The maximum absolute atomic E-state index is 12.4. The molecule has 0 spiro atoms. The van der Waals surface area contributed by atoms with E-state index in [0.717, 1.165) is 47.8 Å². The number of amides is 1. The fourth-order valence-electron chi connectivity index (χ4n) is 2.92. The Balaban J connectivity index is 1.81. The first-order valence-corrected chi connectivity index (χ1v) is 7.31. The van der Waals surface area contributed by atoms with Crippen LogP contribution in [0.3, 0.4) is 0 Å². The second kappa shape index (κ2) is 4.58. The van der Waals surface area contributed by atoms with Gasteiger partial charge in [0, 0.05) is 23.9 Å². The first-order valence-electron chi connectivity index (χ1n) is 7.31. The summed E-state index contributed by atoms with van der Waals surface area (Å²) < 4.78 is 5.69. The normalized spacial score (nSPS) is 15.2. The van der Waals surface area contributed by atoms with Gasteiger partial charge in [-0.1, -0.05) is 12.1 Å². The van der Waals surface area contributed by atoms with Crippen LogP contribution >= 0.6 is 0 Å². The van der Waals surface area contributed by atoms with E-state index in [1.807, 2.05) is 36.1 Å². The highest BCUT2D eigenvalue weighted by Crippen LogP contribution is 2.25. The van der Waals surface area contributed by atoms with Crippen molar-refractivity contribution < 1.29 is 9.21 Å². The van der Waals surface area contributed by atoms with Gasteiger partial charge in [0.2, 0.25) is 5.71 Å². The van der Waals surface area contributed by atoms with Crippen molar-refractivity contribution >= 4 is 27.9 Å². The Morgan fingerprint density at radius 3 is 2.76 bits per heavy atom. The number of fused-ring (bicyclic) bond motifs is 2. The molecule has 1 amide bonds. The fraction of sp³-hybridized carbons (Fsp3) is 0.294. The van der Waals surface area contributed by atoms with Crippen LogP contribution in [0.2, 0.25) is 0 Å². The van der Waals surface area contributed by atoms with Gasteiger partial charge in [0.05, 0.1) is 5.52 Å². The van der Waals surface area contributed by atoms with Crippen molar-refractivity contribution in [3.8, 4) is 0 Å². The molecule has 1 aromatic carbocycles. The molecule has 4 heteroatoms. The molecule has 106 valence electrons. The van der Waals surface area contributed by atoms with Gasteiger partial charge in [-0.25, -0.2) is 4.98 Å². The molecule has 0 atom stereocenters. The molecule has 3 aromatic rings. The van der Waals surface area contributed by atoms with Crippen LogP contribution in [0.15, 0.2) is 34.7 Å². The number of hydrogen-bond acceptors (Lipinski definition) is 3. The van der Waals surface area contributed by atoms with Crippen LogP contribution in [0.25, 0.3) is 22.0 Å². The van der Waals surface area contributed by atoms with Crippen LogP contribution in [-0.4, -0.2) is 28.9 Å². The molecular formula is C17H16N2O2. The molecule has 2 aromatic heterocycles. The molecule has 1 saturated heterocycles. The number of benzene rings is 1. The fourth-order valence-corrected chi connectivity index (χ4v) is 2.92. The number of carbonyl (C=O) groups is 1. The Labute approximate surface area is 122 Å². The lowest BCUT2D eigenvalue weighted by atomic mass is 10.1. The van der Waals surface area contributed by atoms with E-state index < -0.39 is 0 Å². The SMILES string of the molecule is Cc1ccc2cc3cc(C(=O)N4CCCC4)oc3nc2c1. The number of pyridine rings is 1. The van der Waals surface area contributed by atoms with Gasteiger partial charge in [-0.05, 0) is 43.5 Å². The van der Waals surface area contributed by atoms with Crippen molar-refractivity contribution in [2.45, 2.75) is 19.8 Å². The number of aromatic nitrogens is 1. The van der Waals surface area contributed by atoms with Gasteiger partial charge >= 0.3 is 0 Å². The number of likely N-dealkylation sites (tertiary alicyclic amines) is 1. The minimum Gasteiger partial charge on any atom is -0.433 e. The average Bonchev–Trinajstić information content (AvgIpc) is 3.13. The van der Waals surface area contributed by atoms with E-state index in [0.29, 0.717) is 11.5 Å². The lowest BCUT2D eigenvalue weighted by Crippen LogP contribution is -2.27. The summed E-state index contributed by atoms with van der Waals surface area (Å²) in [5, 5.41) is 1.95. The van der Waals surface area contributed by atoms with E-state index in [-0.39, 0.29) is 5.91 Å². The maximum atomic E-state index is 12.4. The van der Waals surface area contributed by atoms with Crippen molar-refractivity contribution in [2.24, 2.45) is 0 Å². The van der Waals surface area contributed by atoms with Crippen LogP contribution < -0.4 is 0 Å². The van der Waals surface area contributed by atoms with Crippen LogP contribution in [0.1, 0.15) is 29.0 Å². The highest BCUT2D eigenvalue weighted by atomic mass is 16.4. The number of rotatable bonds is 1. The topological polar surface area (TPSA) is 46.3 Å². The Kier molecular flexibility index (Phi) is 2.70. The molecule has 21 heavy (non-hydrogen) atoms. The predicted octanol–water partition coefficient (Wildman–Crippen LogP) is 3.53. The van der Waals surface area contributed by atoms with E-state index in [4.69, 9.17) is 4.42 Å². The van der Waals surface area contributed by atoms with E-state index in [2.05, 4.69) is 11.1 Å². The van der Waals surface area contributed by atoms with Crippen molar-refractivity contribution in [3.05, 3.63) is 41.7 Å². The van der Waals surface area contributed by atoms with E-state index in [1.165, 1.54) is 0 Å². The zero-order valence-electron chi connectivity index (χ0n) is 11.9. The highest BCUT2D eigenvalue weighted by Gasteiger charge is 2.23. The minimum atomic E-state index is -0.0225. The van der Waals surface area contributed by atoms with Gasteiger partial charge < -0.3 is 9.32 Å². The molecule has 4 nitrogen and oxygen atoms in total. The van der Waals surface area contributed by atoms with Crippen molar-refractivity contribution in [3.63, 3.8) is 0 Å². The summed E-state index contributed by atoms with van der Waals surface area (Å²) >= 11 is 0. The third kappa shape index (κ3) is 2.07. The minimum absolute atomic E-state index is 0.0225. The number of carbonyl (C=O) groups excluding carboxylic acids is 1. The monoisotopic (exact) mass is 280 g/mol. The molecule has 0 bridgehead atoms. The van der Waals surface area contributed by atoms with Gasteiger partial charge in [0.25, 0.3) is 5.91 Å². The Morgan fingerprint density at radius 1 is 1.14 bits per heavy atom. The Morgan fingerprint density at radius 2 is 1.95 bits per heavy atom. The zero-order chi connectivity index (χ0) is 14.4. The van der Waals surface area contributed by atoms with Crippen LogP contribution in [0.4, 0.5) is 0 Å². The molecule has 4 rings (SSSR count). The summed E-state index contributed by atoms with van der Waals surface area (Å²) in [4.78, 5) is 18.7. The molecule has 1 aliphatic heterocycles. The summed E-state index contributed by atoms with van der Waals surface area (Å²) in [6, 6.07) is 9.97. The molecule has 1 aliphatic rings. The maximum Gasteiger partial charge on any atom is 0.289 e. The number of aryl methyl sites for hydroxylation is 1. The third-order valence-corrected chi connectivity index (χ3v) is 4.06. The second-order valence-electron chi connectivity index (χ2n) is 5.69. The van der Waals surface area contributed by atoms with Crippen LogP contribution in [0.5, 0.6) is 0 Å². The number of furan rings is 1. The van der Waals surface area contributed by atoms with Crippen LogP contribution in [0, 0.1) is 6.92 Å². The molecule has 0 aliphatic carbocycles. The van der Waals surface area contributed by atoms with E-state index in [1.54, 1.807) is 0 Å². The van der Waals surface area contributed by atoms with Gasteiger partial charge in [0.1, 0.15) is 0 Å². The molecule has 1 fully saturated rings. The molecular weight excluding hydrogens is 264 g/mol. The van der Waals surface area contributed by atoms with Gasteiger partial charge in [0.15, 0.2) is 5.76 Å². The second-order valence-corrected chi connectivity index (χ2v) is 5.69.